The maximum atomic E-state index is 13.8. The van der Waals surface area contributed by atoms with Crippen LogP contribution >= 0.6 is 0 Å². The van der Waals surface area contributed by atoms with Crippen LogP contribution in [-0.2, 0) is 4.79 Å². The summed E-state index contributed by atoms with van der Waals surface area (Å²) in [5.41, 5.74) is 4.31. The zero-order chi connectivity index (χ0) is 26.6. The molecule has 4 aromatic rings. The molecule has 0 radical (unpaired) electrons. The van der Waals surface area contributed by atoms with E-state index in [0.29, 0.717) is 12.1 Å². The molecule has 2 atom stereocenters. The van der Waals surface area contributed by atoms with E-state index < -0.39 is 0 Å². The van der Waals surface area contributed by atoms with E-state index in [1.165, 1.54) is 0 Å². The molecule has 0 spiro atoms. The third-order valence-electron chi connectivity index (χ3n) is 7.59. The molecule has 194 valence electrons. The Morgan fingerprint density at radius 3 is 1.77 bits per heavy atom. The maximum Gasteiger partial charge on any atom is 0.172 e. The molecule has 0 saturated carbocycles. The number of ketones is 1. The van der Waals surface area contributed by atoms with Crippen molar-refractivity contribution in [3.8, 4) is 23.0 Å². The molecule has 0 aliphatic carbocycles. The van der Waals surface area contributed by atoms with Crippen LogP contribution in [-0.4, -0.2) is 24.7 Å². The van der Waals surface area contributed by atoms with Gasteiger partial charge in [-0.25, -0.2) is 0 Å². The van der Waals surface area contributed by atoms with Gasteiger partial charge >= 0.3 is 0 Å². The van der Waals surface area contributed by atoms with Crippen molar-refractivity contribution in [3.05, 3.63) is 121 Å². The first-order valence-electron chi connectivity index (χ1n) is 13.3. The minimum Gasteiger partial charge on any atom is -0.453 e. The topological polar surface area (TPSA) is 66.4 Å². The summed E-state index contributed by atoms with van der Waals surface area (Å²) in [6.45, 7) is 0.509. The number of fused-ring (bicyclic) bond motifs is 4. The third kappa shape index (κ3) is 3.51. The van der Waals surface area contributed by atoms with E-state index in [2.05, 4.69) is 15.1 Å². The first kappa shape index (κ1) is 22.7. The van der Waals surface area contributed by atoms with Crippen molar-refractivity contribution in [3.63, 3.8) is 0 Å². The fourth-order valence-electron chi connectivity index (χ4n) is 5.73. The van der Waals surface area contributed by atoms with E-state index in [4.69, 9.17) is 14.5 Å². The van der Waals surface area contributed by atoms with E-state index >= 15 is 0 Å². The highest BCUT2D eigenvalue weighted by molar-refractivity contribution is 6.16. The Bertz CT molecular complexity index is 1680. The van der Waals surface area contributed by atoms with Gasteiger partial charge in [-0.05, 0) is 60.7 Å². The lowest BCUT2D eigenvalue weighted by Gasteiger charge is -2.34. The number of aliphatic imine (C=N–C) groups is 1. The van der Waals surface area contributed by atoms with Crippen LogP contribution in [0.2, 0.25) is 0 Å². The second kappa shape index (κ2) is 8.88. The Morgan fingerprint density at radius 2 is 1.20 bits per heavy atom. The summed E-state index contributed by atoms with van der Waals surface area (Å²) in [6.07, 6.45) is 5.33. The van der Waals surface area contributed by atoms with Crippen molar-refractivity contribution in [1.29, 1.82) is 0 Å². The number of anilines is 4. The van der Waals surface area contributed by atoms with Crippen LogP contribution in [0.4, 0.5) is 22.7 Å². The Kier molecular flexibility index (Phi) is 5.03. The molecule has 4 aliphatic rings. The molecule has 7 heteroatoms. The quantitative estimate of drug-likeness (QED) is 0.315. The average Bonchev–Trinajstić information content (AvgIpc) is 3.69. The monoisotopic (exact) mass is 524 g/mol. The van der Waals surface area contributed by atoms with Crippen molar-refractivity contribution in [2.75, 3.05) is 16.3 Å². The first-order chi connectivity index (χ1) is 19.7. The lowest BCUT2D eigenvalue weighted by atomic mass is 9.99. The van der Waals surface area contributed by atoms with E-state index in [-0.39, 0.29) is 17.9 Å². The van der Waals surface area contributed by atoms with Gasteiger partial charge in [-0.15, -0.1) is 0 Å². The zero-order valence-electron chi connectivity index (χ0n) is 21.4. The molecule has 7 nitrogen and oxygen atoms in total. The summed E-state index contributed by atoms with van der Waals surface area (Å²) in [4.78, 5) is 22.8. The van der Waals surface area contributed by atoms with Crippen LogP contribution < -0.4 is 24.6 Å². The van der Waals surface area contributed by atoms with Gasteiger partial charge in [0.05, 0.1) is 28.7 Å². The molecule has 4 aromatic carbocycles. The molecule has 0 aromatic heterocycles. The molecule has 1 N–H and O–H groups in total. The number of allylic oxidation sites excluding steroid dienone is 1. The van der Waals surface area contributed by atoms with E-state index in [9.17, 15) is 4.79 Å². The van der Waals surface area contributed by atoms with Gasteiger partial charge in [0, 0.05) is 18.3 Å². The molecule has 0 saturated heterocycles. The van der Waals surface area contributed by atoms with Crippen molar-refractivity contribution >= 4 is 34.7 Å². The summed E-state index contributed by atoms with van der Waals surface area (Å²) in [5.74, 6) is 3.67. The van der Waals surface area contributed by atoms with Gasteiger partial charge in [0.25, 0.3) is 0 Å². The SMILES string of the molecule is O=C(C1=CC(N2c3ccccc3Oc3ccccc32)N=C1)C1C=C(N2c3ccccc3Oc3ccccc32)NC1. The first-order valence-corrected chi connectivity index (χ1v) is 13.3. The summed E-state index contributed by atoms with van der Waals surface area (Å²) >= 11 is 0. The molecule has 0 fully saturated rings. The number of nitrogens with zero attached hydrogens (tertiary/aromatic N) is 3. The maximum absolute atomic E-state index is 13.8. The molecule has 8 rings (SSSR count). The number of ether oxygens (including phenoxy) is 2. The Labute approximate surface area is 231 Å². The van der Waals surface area contributed by atoms with Crippen molar-refractivity contribution in [2.24, 2.45) is 10.9 Å². The summed E-state index contributed by atoms with van der Waals surface area (Å²) in [5, 5.41) is 3.48. The van der Waals surface area contributed by atoms with Crippen molar-refractivity contribution < 1.29 is 14.3 Å². The number of carbonyl (C=O) groups is 1. The van der Waals surface area contributed by atoms with Crippen molar-refractivity contribution in [2.45, 2.75) is 6.17 Å². The van der Waals surface area contributed by atoms with Gasteiger partial charge in [-0.2, -0.15) is 0 Å². The van der Waals surface area contributed by atoms with Crippen LogP contribution in [0, 0.1) is 5.92 Å². The standard InChI is InChI=1S/C33H24N4O3/c38-33(21-17-31(34-19-21)36-23-9-1-5-13-27(23)39-28-14-6-2-10-24(28)36)22-18-32(35-20-22)37-25-11-3-7-15-29(25)40-30-16-8-4-12-26(30)37/h1-19,22,31,35H,20H2. The lowest BCUT2D eigenvalue weighted by Crippen LogP contribution is -2.29. The smallest absolute Gasteiger partial charge is 0.172 e. The highest BCUT2D eigenvalue weighted by Crippen LogP contribution is 2.49. The van der Waals surface area contributed by atoms with E-state index in [0.717, 1.165) is 51.6 Å². The molecule has 4 aliphatic heterocycles. The van der Waals surface area contributed by atoms with Crippen molar-refractivity contribution in [1.82, 2.24) is 5.32 Å². The van der Waals surface area contributed by atoms with Gasteiger partial charge in [-0.1, -0.05) is 48.5 Å². The number of hydrogen-bond donors (Lipinski definition) is 1. The number of carbonyl (C=O) groups excluding carboxylic acids is 1. The second-order valence-electron chi connectivity index (χ2n) is 10.00. The molecular formula is C33H24N4O3. The molecule has 40 heavy (non-hydrogen) atoms. The fraction of sp³-hybridized carbons (Fsp3) is 0.0909. The Hall–Kier alpha value is -5.30. The van der Waals surface area contributed by atoms with Gasteiger partial charge in [0.1, 0.15) is 12.0 Å². The summed E-state index contributed by atoms with van der Waals surface area (Å²) in [6, 6.07) is 31.7. The van der Waals surface area contributed by atoms with Gasteiger partial charge in [0.2, 0.25) is 0 Å². The number of para-hydroxylation sites is 8. The second-order valence-corrected chi connectivity index (χ2v) is 10.00. The van der Waals surface area contributed by atoms with Gasteiger partial charge < -0.3 is 19.7 Å². The minimum atomic E-state index is -0.346. The molecule has 4 heterocycles. The number of rotatable bonds is 4. The predicted molar refractivity (Wildman–Crippen MR) is 155 cm³/mol. The van der Waals surface area contributed by atoms with Gasteiger partial charge in [-0.3, -0.25) is 14.7 Å². The summed E-state index contributed by atoms with van der Waals surface area (Å²) < 4.78 is 12.3. The van der Waals surface area contributed by atoms with Crippen LogP contribution in [0.1, 0.15) is 0 Å². The largest absolute Gasteiger partial charge is 0.453 e. The minimum absolute atomic E-state index is 0.0402. The molecule has 0 amide bonds. The lowest BCUT2D eigenvalue weighted by molar-refractivity contribution is -0.117. The normalized spacial score (nSPS) is 19.7. The van der Waals surface area contributed by atoms with Crippen LogP contribution in [0.3, 0.4) is 0 Å². The predicted octanol–water partition coefficient (Wildman–Crippen LogP) is 6.84. The highest BCUT2D eigenvalue weighted by Gasteiger charge is 2.35. The molecule has 2 unspecified atom stereocenters. The molecule has 0 bridgehead atoms. The van der Waals surface area contributed by atoms with E-state index in [1.807, 2.05) is 109 Å². The van der Waals surface area contributed by atoms with Crippen LogP contribution in [0.25, 0.3) is 0 Å². The number of benzene rings is 4. The number of nitrogens with one attached hydrogen (secondary N) is 1. The van der Waals surface area contributed by atoms with E-state index in [1.54, 1.807) is 6.21 Å². The number of hydrogen-bond acceptors (Lipinski definition) is 7. The summed E-state index contributed by atoms with van der Waals surface area (Å²) in [7, 11) is 0. The third-order valence-corrected chi connectivity index (χ3v) is 7.59. The average molecular weight is 525 g/mol. The Balaban J connectivity index is 1.10. The van der Waals surface area contributed by atoms with Crippen LogP contribution in [0.15, 0.2) is 126 Å². The van der Waals surface area contributed by atoms with Crippen LogP contribution in [0.5, 0.6) is 23.0 Å². The van der Waals surface area contributed by atoms with Gasteiger partial charge in [0.15, 0.2) is 28.8 Å². The Morgan fingerprint density at radius 1 is 0.700 bits per heavy atom. The fourth-order valence-corrected chi connectivity index (χ4v) is 5.73. The molecular weight excluding hydrogens is 500 g/mol. The zero-order valence-corrected chi connectivity index (χ0v) is 21.4. The highest BCUT2D eigenvalue weighted by atomic mass is 16.5. The number of Topliss-reactive ketones (excluding diaryl/α,β-unsaturated/α-hetero) is 1.